The molecule has 0 bridgehead atoms. The van der Waals surface area contributed by atoms with Crippen molar-refractivity contribution in [2.75, 3.05) is 30.3 Å². The second-order valence-electron chi connectivity index (χ2n) is 13.9. The van der Waals surface area contributed by atoms with Crippen LogP contribution in [0.2, 0.25) is 0 Å². The number of aromatic nitrogens is 2. The van der Waals surface area contributed by atoms with Crippen LogP contribution in [-0.2, 0) is 16.1 Å². The van der Waals surface area contributed by atoms with Crippen molar-refractivity contribution in [2.45, 2.75) is 107 Å². The van der Waals surface area contributed by atoms with Gasteiger partial charge < -0.3 is 20.1 Å². The number of nitrogens with zero attached hydrogens (tertiary/aromatic N) is 4. The van der Waals surface area contributed by atoms with Gasteiger partial charge in [-0.3, -0.25) is 14.5 Å². The number of carboxylic acids is 1. The lowest BCUT2D eigenvalue weighted by atomic mass is 9.82. The minimum absolute atomic E-state index is 0.0495. The molecule has 2 atom stereocenters. The largest absolute Gasteiger partial charge is 0.481 e. The number of hydrogen-bond donors (Lipinski definition) is 2. The first-order chi connectivity index (χ1) is 18.5. The number of thioether (sulfide) groups is 1. The molecule has 2 rings (SSSR count). The average Bonchev–Trinajstić information content (AvgIpc) is 3.12. The number of unbranched alkanes of at least 4 members (excludes halogenated alkanes) is 1. The zero-order valence-electron chi connectivity index (χ0n) is 26.4. The lowest BCUT2D eigenvalue weighted by Crippen LogP contribution is -2.34. The fraction of sp³-hybridized carbons (Fsp3) is 0.800. The summed E-state index contributed by atoms with van der Waals surface area (Å²) in [5, 5.41) is 18.6. The number of amides is 1. The molecule has 1 aliphatic rings. The van der Waals surface area contributed by atoms with Crippen LogP contribution < -0.4 is 10.2 Å². The van der Waals surface area contributed by atoms with Crippen molar-refractivity contribution in [2.24, 2.45) is 28.2 Å². The average molecular weight is 580 g/mol. The molecule has 9 nitrogen and oxygen atoms in total. The number of rotatable bonds is 12. The van der Waals surface area contributed by atoms with Gasteiger partial charge in [0.05, 0.1) is 17.6 Å². The van der Waals surface area contributed by atoms with Gasteiger partial charge in [-0.05, 0) is 57.3 Å². The van der Waals surface area contributed by atoms with Gasteiger partial charge in [-0.25, -0.2) is 4.79 Å². The number of carbonyl (C=O) groups is 2. The molecule has 0 fully saturated rings. The first kappa shape index (κ1) is 34.0. The smallest absolute Gasteiger partial charge is 0.407 e. The maximum atomic E-state index is 12.1. The number of carbonyl (C=O) groups excluding carboxylic acids is 1. The Balaban J connectivity index is 2.27. The number of fused-ring (bicyclic) bond motifs is 1. The summed E-state index contributed by atoms with van der Waals surface area (Å²) in [5.41, 5.74) is 1.06. The Morgan fingerprint density at radius 3 is 2.30 bits per heavy atom. The molecule has 1 amide bonds. The number of hydrogen-bond acceptors (Lipinski definition) is 7. The van der Waals surface area contributed by atoms with Crippen LogP contribution in [-0.4, -0.2) is 69.0 Å². The Hall–Kier alpha value is -2.23. The van der Waals surface area contributed by atoms with E-state index in [0.717, 1.165) is 55.3 Å². The van der Waals surface area contributed by atoms with Gasteiger partial charge in [0.15, 0.2) is 0 Å². The summed E-state index contributed by atoms with van der Waals surface area (Å²) in [6.45, 7) is 23.3. The molecule has 2 heterocycles. The highest BCUT2D eigenvalue weighted by Gasteiger charge is 2.34. The molecule has 10 heteroatoms. The number of anilines is 1. The van der Waals surface area contributed by atoms with Gasteiger partial charge >= 0.3 is 12.1 Å². The highest BCUT2D eigenvalue weighted by Crippen LogP contribution is 2.34. The minimum atomic E-state index is -0.782. The van der Waals surface area contributed by atoms with Gasteiger partial charge in [0.25, 0.3) is 0 Å². The molecular weight excluding hydrogens is 526 g/mol. The normalized spacial score (nSPS) is 16.9. The monoisotopic (exact) mass is 579 g/mol. The van der Waals surface area contributed by atoms with Crippen molar-refractivity contribution in [1.82, 2.24) is 15.1 Å². The second-order valence-corrected chi connectivity index (χ2v) is 14.9. The third kappa shape index (κ3) is 11.3. The SMILES string of the molecule is CC(C)CN1CC(CCCCNC(=O)OC(C)(C)C)N=C(SC[C@H](C(=O)O)C(C)(C)C)c2nn(CC(C)C)cc21. The van der Waals surface area contributed by atoms with Crippen LogP contribution in [0.4, 0.5) is 10.5 Å². The Morgan fingerprint density at radius 2 is 1.75 bits per heavy atom. The summed E-state index contributed by atoms with van der Waals surface area (Å²) < 4.78 is 7.34. The third-order valence-electron chi connectivity index (χ3n) is 6.52. The zero-order valence-corrected chi connectivity index (χ0v) is 27.2. The van der Waals surface area contributed by atoms with E-state index in [1.807, 2.05) is 46.2 Å². The van der Waals surface area contributed by atoms with Crippen LogP contribution in [0.3, 0.4) is 0 Å². The van der Waals surface area contributed by atoms with Crippen molar-refractivity contribution in [1.29, 1.82) is 0 Å². The van der Waals surface area contributed by atoms with E-state index in [4.69, 9.17) is 14.8 Å². The standard InChI is InChI=1S/C30H53N5O4S/c1-20(2)15-34-17-22(13-11-12-14-31-28(38)39-30(8,9)10)32-26(40-19-23(27(36)37)29(5,6)7)25-24(34)18-35(33-25)16-21(3)4/h18,20-23H,11-17,19H2,1-10H3,(H,31,38)(H,36,37)/t22?,23-/m1/s1. The maximum absolute atomic E-state index is 12.1. The molecule has 0 aromatic carbocycles. The summed E-state index contributed by atoms with van der Waals surface area (Å²) in [7, 11) is 0. The molecule has 0 aliphatic carbocycles. The van der Waals surface area contributed by atoms with E-state index in [1.54, 1.807) is 0 Å². The van der Waals surface area contributed by atoms with Crippen LogP contribution in [0.1, 0.15) is 94.2 Å². The predicted octanol–water partition coefficient (Wildman–Crippen LogP) is 6.31. The molecule has 0 spiro atoms. The molecule has 0 radical (unpaired) electrons. The number of aliphatic imine (C=N–C) groups is 1. The predicted molar refractivity (Wildman–Crippen MR) is 166 cm³/mol. The van der Waals surface area contributed by atoms with E-state index in [0.29, 0.717) is 24.1 Å². The van der Waals surface area contributed by atoms with Gasteiger partial charge in [0, 0.05) is 38.1 Å². The first-order valence-corrected chi connectivity index (χ1v) is 15.7. The summed E-state index contributed by atoms with van der Waals surface area (Å²) in [4.78, 5) is 31.7. The van der Waals surface area contributed by atoms with Gasteiger partial charge in [-0.2, -0.15) is 5.10 Å². The van der Waals surface area contributed by atoms with Crippen LogP contribution in [0.5, 0.6) is 0 Å². The zero-order chi connectivity index (χ0) is 30.3. The molecule has 0 saturated heterocycles. The number of nitrogens with one attached hydrogen (secondary N) is 1. The molecule has 1 aliphatic heterocycles. The Kier molecular flexibility index (Phi) is 12.4. The van der Waals surface area contributed by atoms with E-state index < -0.39 is 23.6 Å². The molecule has 40 heavy (non-hydrogen) atoms. The first-order valence-electron chi connectivity index (χ1n) is 14.7. The van der Waals surface area contributed by atoms with Crippen molar-refractivity contribution < 1.29 is 19.4 Å². The number of aliphatic carboxylic acids is 1. The van der Waals surface area contributed by atoms with Crippen molar-refractivity contribution >= 4 is 34.6 Å². The van der Waals surface area contributed by atoms with Crippen LogP contribution >= 0.6 is 11.8 Å². The van der Waals surface area contributed by atoms with E-state index in [2.05, 4.69) is 44.1 Å². The Labute approximate surface area is 245 Å². The van der Waals surface area contributed by atoms with E-state index >= 15 is 0 Å². The fourth-order valence-electron chi connectivity index (χ4n) is 4.62. The third-order valence-corrected chi connectivity index (χ3v) is 7.59. The fourth-order valence-corrected chi connectivity index (χ4v) is 6.09. The second kappa shape index (κ2) is 14.6. The van der Waals surface area contributed by atoms with Crippen molar-refractivity contribution in [3.63, 3.8) is 0 Å². The van der Waals surface area contributed by atoms with E-state index in [-0.39, 0.29) is 11.5 Å². The van der Waals surface area contributed by atoms with Gasteiger partial charge in [0.1, 0.15) is 16.3 Å². The summed E-state index contributed by atoms with van der Waals surface area (Å²) >= 11 is 1.52. The van der Waals surface area contributed by atoms with Crippen molar-refractivity contribution in [3.8, 4) is 0 Å². The molecular formula is C30H53N5O4S. The van der Waals surface area contributed by atoms with E-state index in [1.165, 1.54) is 11.8 Å². The highest BCUT2D eigenvalue weighted by molar-refractivity contribution is 8.14. The quantitative estimate of drug-likeness (QED) is 0.280. The lowest BCUT2D eigenvalue weighted by Gasteiger charge is -2.27. The van der Waals surface area contributed by atoms with Crippen LogP contribution in [0.25, 0.3) is 0 Å². The number of ether oxygens (including phenoxy) is 1. The highest BCUT2D eigenvalue weighted by atomic mass is 32.2. The lowest BCUT2D eigenvalue weighted by molar-refractivity contribution is -0.144. The molecule has 1 aromatic rings. The van der Waals surface area contributed by atoms with Gasteiger partial charge in [-0.15, -0.1) is 11.8 Å². The summed E-state index contributed by atoms with van der Waals surface area (Å²) in [5.74, 6) is 0.0650. The summed E-state index contributed by atoms with van der Waals surface area (Å²) in [6.07, 6.45) is 4.35. The molecule has 0 saturated carbocycles. The van der Waals surface area contributed by atoms with E-state index in [9.17, 15) is 14.7 Å². The minimum Gasteiger partial charge on any atom is -0.481 e. The topological polar surface area (TPSA) is 109 Å². The van der Waals surface area contributed by atoms with Gasteiger partial charge in [-0.1, -0.05) is 48.5 Å². The van der Waals surface area contributed by atoms with Gasteiger partial charge in [0.2, 0.25) is 0 Å². The Morgan fingerprint density at radius 1 is 1.10 bits per heavy atom. The van der Waals surface area contributed by atoms with Crippen LogP contribution in [0.15, 0.2) is 11.2 Å². The summed E-state index contributed by atoms with van der Waals surface area (Å²) in [6, 6.07) is 0.0495. The number of alkyl carbamates (subject to hydrolysis) is 1. The molecule has 228 valence electrons. The molecule has 2 N–H and O–H groups in total. The molecule has 1 unspecified atom stereocenters. The van der Waals surface area contributed by atoms with Crippen LogP contribution in [0, 0.1) is 23.2 Å². The molecule has 1 aromatic heterocycles. The van der Waals surface area contributed by atoms with Crippen molar-refractivity contribution in [3.05, 3.63) is 11.9 Å². The Bertz CT molecular complexity index is 1010. The maximum Gasteiger partial charge on any atom is 0.407 e. The number of carboxylic acid groups (broad SMARTS) is 1.